The largest absolute Gasteiger partial charge is 0.480 e. The van der Waals surface area contributed by atoms with Crippen LogP contribution in [0.1, 0.15) is 17.5 Å². The van der Waals surface area contributed by atoms with Gasteiger partial charge in [-0.25, -0.2) is 0 Å². The third-order valence-electron chi connectivity index (χ3n) is 3.40. The normalized spacial score (nSPS) is 24.1. The van der Waals surface area contributed by atoms with Gasteiger partial charge in [-0.05, 0) is 17.5 Å². The number of likely N-dealkylation sites (tertiary alicyclic amines) is 1. The first-order chi connectivity index (χ1) is 8.53. The molecule has 96 valence electrons. The Balaban J connectivity index is 2.03. The Morgan fingerprint density at radius 2 is 2.39 bits per heavy atom. The minimum Gasteiger partial charge on any atom is -0.480 e. The fourth-order valence-corrected chi connectivity index (χ4v) is 2.30. The Bertz CT molecular complexity index is 473. The lowest BCUT2D eigenvalue weighted by Gasteiger charge is -2.20. The molecule has 1 fully saturated rings. The molecule has 0 aromatic heterocycles. The van der Waals surface area contributed by atoms with E-state index in [1.807, 2.05) is 18.2 Å². The van der Waals surface area contributed by atoms with Crippen molar-refractivity contribution in [3.63, 3.8) is 0 Å². The molecule has 0 radical (unpaired) electrons. The first kappa shape index (κ1) is 12.8. The van der Waals surface area contributed by atoms with E-state index in [9.17, 15) is 4.79 Å². The number of rotatable bonds is 4. The quantitative estimate of drug-likeness (QED) is 0.840. The molecule has 1 heterocycles. The van der Waals surface area contributed by atoms with Crippen LogP contribution in [0.15, 0.2) is 30.8 Å². The predicted molar refractivity (Wildman–Crippen MR) is 71.0 cm³/mol. The third-order valence-corrected chi connectivity index (χ3v) is 3.40. The highest BCUT2D eigenvalue weighted by molar-refractivity contribution is 5.79. The highest BCUT2D eigenvalue weighted by Gasteiger charge is 2.40. The fourth-order valence-electron chi connectivity index (χ4n) is 2.30. The van der Waals surface area contributed by atoms with Gasteiger partial charge in [-0.2, -0.15) is 0 Å². The second kappa shape index (κ2) is 4.92. The van der Waals surface area contributed by atoms with Crippen LogP contribution >= 0.6 is 0 Å². The fraction of sp³-hybridized carbons (Fsp3) is 0.357. The molecule has 0 amide bonds. The van der Waals surface area contributed by atoms with Crippen LogP contribution in [0.5, 0.6) is 0 Å². The minimum absolute atomic E-state index is 0.403. The van der Waals surface area contributed by atoms with Gasteiger partial charge in [0.05, 0.1) is 0 Å². The molecule has 0 saturated carbocycles. The van der Waals surface area contributed by atoms with Gasteiger partial charge in [0.2, 0.25) is 0 Å². The van der Waals surface area contributed by atoms with Gasteiger partial charge in [0.25, 0.3) is 0 Å². The van der Waals surface area contributed by atoms with Crippen LogP contribution in [-0.4, -0.2) is 34.6 Å². The van der Waals surface area contributed by atoms with Gasteiger partial charge in [-0.3, -0.25) is 9.69 Å². The van der Waals surface area contributed by atoms with Crippen molar-refractivity contribution >= 4 is 12.0 Å². The summed E-state index contributed by atoms with van der Waals surface area (Å²) in [5.41, 5.74) is 6.99. The van der Waals surface area contributed by atoms with E-state index in [0.717, 1.165) is 24.2 Å². The van der Waals surface area contributed by atoms with Gasteiger partial charge in [0, 0.05) is 19.6 Å². The highest BCUT2D eigenvalue weighted by atomic mass is 16.4. The summed E-state index contributed by atoms with van der Waals surface area (Å²) in [5.74, 6) is -0.912. The summed E-state index contributed by atoms with van der Waals surface area (Å²) in [7, 11) is 0. The average Bonchev–Trinajstić information content (AvgIpc) is 2.72. The summed E-state index contributed by atoms with van der Waals surface area (Å²) in [6, 6.07) is 8.06. The van der Waals surface area contributed by atoms with E-state index in [-0.39, 0.29) is 0 Å². The highest BCUT2D eigenvalue weighted by Crippen LogP contribution is 2.21. The van der Waals surface area contributed by atoms with Crippen molar-refractivity contribution in [1.29, 1.82) is 0 Å². The molecule has 0 unspecified atom stereocenters. The number of nitrogens with zero attached hydrogens (tertiary/aromatic N) is 1. The lowest BCUT2D eigenvalue weighted by Crippen LogP contribution is -2.50. The number of nitrogens with two attached hydrogens (primary N) is 1. The molecular formula is C14H18N2O2. The van der Waals surface area contributed by atoms with Crippen LogP contribution in [0.25, 0.3) is 6.08 Å². The molecule has 1 saturated heterocycles. The first-order valence-corrected chi connectivity index (χ1v) is 5.99. The maximum absolute atomic E-state index is 11.1. The standard InChI is InChI=1S/C14H18N2O2/c1-2-11-4-3-5-12(8-11)9-16-7-6-14(15,10-16)13(17)18/h2-5,8H,1,6-7,9-10,15H2,(H,17,18)/t14-/m1/s1. The predicted octanol–water partition coefficient (Wildman–Crippen LogP) is 1.32. The molecule has 3 N–H and O–H groups in total. The molecule has 0 aliphatic carbocycles. The van der Waals surface area contributed by atoms with Crippen LogP contribution in [0.2, 0.25) is 0 Å². The maximum atomic E-state index is 11.1. The number of aliphatic carboxylic acids is 1. The number of carboxylic acids is 1. The SMILES string of the molecule is C=Cc1cccc(CN2CC[C@](N)(C(=O)O)C2)c1. The van der Waals surface area contributed by atoms with Gasteiger partial charge in [0.15, 0.2) is 0 Å². The van der Waals surface area contributed by atoms with E-state index in [1.54, 1.807) is 6.08 Å². The van der Waals surface area contributed by atoms with Crippen LogP contribution < -0.4 is 5.73 Å². The number of benzene rings is 1. The Labute approximate surface area is 107 Å². The van der Waals surface area contributed by atoms with Crippen molar-refractivity contribution in [2.24, 2.45) is 5.73 Å². The molecule has 1 aromatic rings. The van der Waals surface area contributed by atoms with E-state index < -0.39 is 11.5 Å². The van der Waals surface area contributed by atoms with E-state index in [4.69, 9.17) is 10.8 Å². The second-order valence-electron chi connectivity index (χ2n) is 4.87. The molecule has 1 aromatic carbocycles. The van der Waals surface area contributed by atoms with Crippen molar-refractivity contribution in [3.8, 4) is 0 Å². The van der Waals surface area contributed by atoms with Gasteiger partial charge < -0.3 is 10.8 Å². The van der Waals surface area contributed by atoms with Crippen LogP contribution in [0.4, 0.5) is 0 Å². The Morgan fingerprint density at radius 3 is 3.00 bits per heavy atom. The number of carboxylic acid groups (broad SMARTS) is 1. The summed E-state index contributed by atoms with van der Waals surface area (Å²) < 4.78 is 0. The Kier molecular flexibility index (Phi) is 3.50. The number of hydrogen-bond donors (Lipinski definition) is 2. The zero-order chi connectivity index (χ0) is 13.2. The summed E-state index contributed by atoms with van der Waals surface area (Å²) in [4.78, 5) is 13.1. The molecule has 4 nitrogen and oxygen atoms in total. The summed E-state index contributed by atoms with van der Waals surface area (Å²) in [6.45, 7) is 5.60. The Morgan fingerprint density at radius 1 is 1.61 bits per heavy atom. The molecule has 0 spiro atoms. The smallest absolute Gasteiger partial charge is 0.325 e. The lowest BCUT2D eigenvalue weighted by molar-refractivity contribution is -0.142. The molecule has 0 bridgehead atoms. The molecule has 18 heavy (non-hydrogen) atoms. The molecule has 1 atom stereocenters. The molecule has 2 rings (SSSR count). The minimum atomic E-state index is -1.09. The van der Waals surface area contributed by atoms with Crippen molar-refractivity contribution < 1.29 is 9.90 Å². The van der Waals surface area contributed by atoms with Gasteiger partial charge in [0.1, 0.15) is 5.54 Å². The van der Waals surface area contributed by atoms with E-state index in [2.05, 4.69) is 17.5 Å². The maximum Gasteiger partial charge on any atom is 0.325 e. The number of carbonyl (C=O) groups is 1. The zero-order valence-corrected chi connectivity index (χ0v) is 10.3. The molecular weight excluding hydrogens is 228 g/mol. The second-order valence-corrected chi connectivity index (χ2v) is 4.87. The lowest BCUT2D eigenvalue weighted by atomic mass is 10.0. The van der Waals surface area contributed by atoms with Crippen molar-refractivity contribution in [1.82, 2.24) is 4.90 Å². The third kappa shape index (κ3) is 2.60. The molecule has 1 aliphatic heterocycles. The van der Waals surface area contributed by atoms with Gasteiger partial charge in [-0.15, -0.1) is 0 Å². The summed E-state index contributed by atoms with van der Waals surface area (Å²) >= 11 is 0. The van der Waals surface area contributed by atoms with Crippen LogP contribution in [0.3, 0.4) is 0 Å². The molecule has 1 aliphatic rings. The molecule has 4 heteroatoms. The summed E-state index contributed by atoms with van der Waals surface area (Å²) in [5, 5.41) is 9.07. The zero-order valence-electron chi connectivity index (χ0n) is 10.3. The van der Waals surface area contributed by atoms with E-state index >= 15 is 0 Å². The van der Waals surface area contributed by atoms with Crippen molar-refractivity contribution in [2.45, 2.75) is 18.5 Å². The number of hydrogen-bond acceptors (Lipinski definition) is 3. The van der Waals surface area contributed by atoms with Crippen molar-refractivity contribution in [3.05, 3.63) is 42.0 Å². The Hall–Kier alpha value is -1.65. The monoisotopic (exact) mass is 246 g/mol. The first-order valence-electron chi connectivity index (χ1n) is 5.99. The van der Waals surface area contributed by atoms with Crippen LogP contribution in [-0.2, 0) is 11.3 Å². The summed E-state index contributed by atoms with van der Waals surface area (Å²) in [6.07, 6.45) is 2.31. The topological polar surface area (TPSA) is 66.6 Å². The van der Waals surface area contributed by atoms with Crippen LogP contribution in [0, 0.1) is 0 Å². The van der Waals surface area contributed by atoms with Gasteiger partial charge in [-0.1, -0.05) is 36.9 Å². The van der Waals surface area contributed by atoms with E-state index in [0.29, 0.717) is 13.0 Å². The van der Waals surface area contributed by atoms with Gasteiger partial charge >= 0.3 is 5.97 Å². The average molecular weight is 246 g/mol. The van der Waals surface area contributed by atoms with Crippen molar-refractivity contribution in [2.75, 3.05) is 13.1 Å². The van der Waals surface area contributed by atoms with E-state index in [1.165, 1.54) is 0 Å².